The van der Waals surface area contributed by atoms with Gasteiger partial charge < -0.3 is 15.4 Å². The number of nitrogens with zero attached hydrogens (tertiary/aromatic N) is 2. The van der Waals surface area contributed by atoms with E-state index in [1.54, 1.807) is 12.1 Å². The molecule has 1 fully saturated rings. The van der Waals surface area contributed by atoms with Crippen molar-refractivity contribution in [2.75, 3.05) is 26.2 Å². The largest absolute Gasteiger partial charge is 0.494 e. The molecule has 0 spiro atoms. The first kappa shape index (κ1) is 15.6. The van der Waals surface area contributed by atoms with E-state index in [0.717, 1.165) is 19.5 Å². The zero-order chi connectivity index (χ0) is 15.1. The minimum absolute atomic E-state index is 0.254. The molecule has 2 rings (SSSR count). The van der Waals surface area contributed by atoms with Crippen LogP contribution in [-0.2, 0) is 0 Å². The van der Waals surface area contributed by atoms with Crippen LogP contribution in [0.4, 0.5) is 4.39 Å². The molecule has 0 saturated carbocycles. The molecule has 1 saturated heterocycles. The number of rotatable bonds is 5. The van der Waals surface area contributed by atoms with Gasteiger partial charge in [-0.05, 0) is 43.0 Å². The van der Waals surface area contributed by atoms with E-state index >= 15 is 0 Å². The smallest absolute Gasteiger partial charge is 0.191 e. The monoisotopic (exact) mass is 293 g/mol. The maximum absolute atomic E-state index is 12.7. The highest BCUT2D eigenvalue weighted by Gasteiger charge is 2.17. The second-order valence-electron chi connectivity index (χ2n) is 5.59. The molecule has 116 valence electrons. The summed E-state index contributed by atoms with van der Waals surface area (Å²) in [6.45, 7) is 5.46. The molecule has 1 aromatic carbocycles. The number of nitrogens with two attached hydrogens (primary N) is 1. The Morgan fingerprint density at radius 3 is 2.90 bits per heavy atom. The van der Waals surface area contributed by atoms with Gasteiger partial charge in [0.15, 0.2) is 5.96 Å². The first-order valence-electron chi connectivity index (χ1n) is 7.58. The highest BCUT2D eigenvalue weighted by molar-refractivity contribution is 5.78. The highest BCUT2D eigenvalue weighted by Crippen LogP contribution is 2.15. The van der Waals surface area contributed by atoms with E-state index in [-0.39, 0.29) is 5.82 Å². The lowest BCUT2D eigenvalue weighted by Crippen LogP contribution is -2.43. The van der Waals surface area contributed by atoms with E-state index in [4.69, 9.17) is 10.5 Å². The summed E-state index contributed by atoms with van der Waals surface area (Å²) >= 11 is 0. The third-order valence-electron chi connectivity index (χ3n) is 3.64. The van der Waals surface area contributed by atoms with E-state index in [0.29, 0.717) is 30.8 Å². The maximum atomic E-state index is 12.7. The molecule has 0 aromatic heterocycles. The second-order valence-corrected chi connectivity index (χ2v) is 5.59. The van der Waals surface area contributed by atoms with Gasteiger partial charge >= 0.3 is 0 Å². The van der Waals surface area contributed by atoms with Gasteiger partial charge in [-0.1, -0.05) is 6.92 Å². The van der Waals surface area contributed by atoms with E-state index in [1.165, 1.54) is 25.0 Å². The normalized spacial score (nSPS) is 19.6. The number of benzene rings is 1. The van der Waals surface area contributed by atoms with Crippen molar-refractivity contribution in [2.24, 2.45) is 16.6 Å². The Labute approximate surface area is 125 Å². The molecule has 1 heterocycles. The van der Waals surface area contributed by atoms with Gasteiger partial charge in [0, 0.05) is 26.1 Å². The van der Waals surface area contributed by atoms with Crippen molar-refractivity contribution in [1.82, 2.24) is 4.90 Å². The molecule has 0 amide bonds. The van der Waals surface area contributed by atoms with Crippen molar-refractivity contribution in [3.8, 4) is 5.75 Å². The van der Waals surface area contributed by atoms with E-state index in [2.05, 4.69) is 16.8 Å². The second kappa shape index (κ2) is 7.86. The van der Waals surface area contributed by atoms with Crippen LogP contribution in [0.5, 0.6) is 5.75 Å². The fourth-order valence-corrected chi connectivity index (χ4v) is 2.48. The van der Waals surface area contributed by atoms with Crippen molar-refractivity contribution >= 4 is 5.96 Å². The van der Waals surface area contributed by atoms with Crippen molar-refractivity contribution in [3.63, 3.8) is 0 Å². The number of halogens is 1. The molecule has 2 N–H and O–H groups in total. The van der Waals surface area contributed by atoms with E-state index < -0.39 is 0 Å². The lowest BCUT2D eigenvalue weighted by atomic mass is 10.0. The summed E-state index contributed by atoms with van der Waals surface area (Å²) in [4.78, 5) is 6.57. The molecule has 4 nitrogen and oxygen atoms in total. The Morgan fingerprint density at radius 1 is 1.43 bits per heavy atom. The molecule has 1 aliphatic rings. The molecule has 5 heteroatoms. The van der Waals surface area contributed by atoms with Gasteiger partial charge in [0.2, 0.25) is 0 Å². The van der Waals surface area contributed by atoms with Gasteiger partial charge in [0.05, 0.1) is 6.61 Å². The SMILES string of the molecule is CC1CCCN(C(N)=NCCCOc2ccc(F)cc2)C1. The van der Waals surface area contributed by atoms with Crippen molar-refractivity contribution in [2.45, 2.75) is 26.2 Å². The number of ether oxygens (including phenoxy) is 1. The fraction of sp³-hybridized carbons (Fsp3) is 0.562. The number of piperidine rings is 1. The first-order valence-corrected chi connectivity index (χ1v) is 7.58. The Kier molecular flexibility index (Phi) is 5.84. The summed E-state index contributed by atoms with van der Waals surface area (Å²) in [6, 6.07) is 6.04. The van der Waals surface area contributed by atoms with Gasteiger partial charge in [-0.25, -0.2) is 4.39 Å². The predicted octanol–water partition coefficient (Wildman–Crippen LogP) is 2.64. The summed E-state index contributed by atoms with van der Waals surface area (Å²) in [5, 5.41) is 0. The summed E-state index contributed by atoms with van der Waals surface area (Å²) in [7, 11) is 0. The summed E-state index contributed by atoms with van der Waals surface area (Å²) < 4.78 is 18.2. The quantitative estimate of drug-likeness (QED) is 0.516. The third kappa shape index (κ3) is 5.25. The molecule has 0 radical (unpaired) electrons. The van der Waals surface area contributed by atoms with Gasteiger partial charge in [-0.2, -0.15) is 0 Å². The Morgan fingerprint density at radius 2 is 2.19 bits per heavy atom. The molecule has 1 atom stereocenters. The van der Waals surface area contributed by atoms with Crippen LogP contribution < -0.4 is 10.5 Å². The summed E-state index contributed by atoms with van der Waals surface area (Å²) in [5.74, 6) is 1.76. The lowest BCUT2D eigenvalue weighted by molar-refractivity contribution is 0.269. The number of guanidine groups is 1. The minimum Gasteiger partial charge on any atom is -0.494 e. The van der Waals surface area contributed by atoms with Crippen LogP contribution in [0, 0.1) is 11.7 Å². The van der Waals surface area contributed by atoms with E-state index in [9.17, 15) is 4.39 Å². The van der Waals surface area contributed by atoms with Crippen LogP contribution >= 0.6 is 0 Å². The number of hydrogen-bond acceptors (Lipinski definition) is 2. The van der Waals surface area contributed by atoms with Crippen molar-refractivity contribution in [3.05, 3.63) is 30.1 Å². The van der Waals surface area contributed by atoms with Crippen LogP contribution in [0.1, 0.15) is 26.2 Å². The standard InChI is InChI=1S/C16H24FN3O/c1-13-4-2-10-20(12-13)16(18)19-9-3-11-21-15-7-5-14(17)6-8-15/h5-8,13H,2-4,9-12H2,1H3,(H2,18,19). The zero-order valence-corrected chi connectivity index (χ0v) is 12.6. The molecule has 0 aliphatic carbocycles. The number of likely N-dealkylation sites (tertiary alicyclic amines) is 1. The zero-order valence-electron chi connectivity index (χ0n) is 12.6. The maximum Gasteiger partial charge on any atom is 0.191 e. The topological polar surface area (TPSA) is 50.8 Å². The van der Waals surface area contributed by atoms with Gasteiger partial charge in [-0.15, -0.1) is 0 Å². The van der Waals surface area contributed by atoms with Crippen LogP contribution in [0.25, 0.3) is 0 Å². The van der Waals surface area contributed by atoms with Crippen molar-refractivity contribution < 1.29 is 9.13 Å². The molecule has 1 unspecified atom stereocenters. The fourth-order valence-electron chi connectivity index (χ4n) is 2.48. The van der Waals surface area contributed by atoms with Crippen LogP contribution in [0.3, 0.4) is 0 Å². The average Bonchev–Trinajstić information content (AvgIpc) is 2.48. The highest BCUT2D eigenvalue weighted by atomic mass is 19.1. The lowest BCUT2D eigenvalue weighted by Gasteiger charge is -2.31. The molecular formula is C16H24FN3O. The third-order valence-corrected chi connectivity index (χ3v) is 3.64. The van der Waals surface area contributed by atoms with Crippen LogP contribution in [-0.4, -0.2) is 37.1 Å². The first-order chi connectivity index (χ1) is 10.1. The predicted molar refractivity (Wildman–Crippen MR) is 83.0 cm³/mol. The minimum atomic E-state index is -0.254. The summed E-state index contributed by atoms with van der Waals surface area (Å²) in [5.41, 5.74) is 6.01. The summed E-state index contributed by atoms with van der Waals surface area (Å²) in [6.07, 6.45) is 3.25. The molecular weight excluding hydrogens is 269 g/mol. The average molecular weight is 293 g/mol. The molecule has 1 aliphatic heterocycles. The van der Waals surface area contributed by atoms with Crippen LogP contribution in [0.2, 0.25) is 0 Å². The van der Waals surface area contributed by atoms with E-state index in [1.807, 2.05) is 0 Å². The number of aliphatic imine (C=N–C) groups is 1. The number of hydrogen-bond donors (Lipinski definition) is 1. The van der Waals surface area contributed by atoms with Gasteiger partial charge in [-0.3, -0.25) is 4.99 Å². The Bertz CT molecular complexity index is 461. The molecule has 0 bridgehead atoms. The molecule has 21 heavy (non-hydrogen) atoms. The van der Waals surface area contributed by atoms with Crippen LogP contribution in [0.15, 0.2) is 29.3 Å². The van der Waals surface area contributed by atoms with Gasteiger partial charge in [0.1, 0.15) is 11.6 Å². The molecule has 1 aromatic rings. The van der Waals surface area contributed by atoms with Gasteiger partial charge in [0.25, 0.3) is 0 Å². The Balaban J connectivity index is 1.66. The van der Waals surface area contributed by atoms with Crippen molar-refractivity contribution in [1.29, 1.82) is 0 Å². The Hall–Kier alpha value is -1.78.